The molecule has 0 aliphatic carbocycles. The average molecular weight is 459 g/mol. The van der Waals surface area contributed by atoms with Crippen molar-refractivity contribution in [2.75, 3.05) is 12.0 Å². The number of aromatic nitrogens is 3. The molecule has 7 heteroatoms. The van der Waals surface area contributed by atoms with E-state index in [-0.39, 0.29) is 17.4 Å². The van der Waals surface area contributed by atoms with Crippen LogP contribution < -0.4 is 4.90 Å². The molecule has 1 aliphatic heterocycles. The minimum atomic E-state index is -0.341. The molecule has 0 saturated carbocycles. The average Bonchev–Trinajstić information content (AvgIpc) is 3.52. The largest absolute Gasteiger partial charge is 0.378 e. The maximum atomic E-state index is 13.7. The van der Waals surface area contributed by atoms with Gasteiger partial charge in [-0.1, -0.05) is 39.0 Å². The first-order chi connectivity index (χ1) is 15.9. The molecule has 33 heavy (non-hydrogen) atoms. The second-order valence-electron chi connectivity index (χ2n) is 9.22. The highest BCUT2D eigenvalue weighted by Crippen LogP contribution is 2.45. The van der Waals surface area contributed by atoms with Crippen LogP contribution in [0, 0.1) is 0 Å². The van der Waals surface area contributed by atoms with Crippen LogP contribution in [0.15, 0.2) is 59.4 Å². The molecule has 0 bridgehead atoms. The third kappa shape index (κ3) is 3.67. The van der Waals surface area contributed by atoms with Crippen LogP contribution in [0.25, 0.3) is 11.1 Å². The Hall–Kier alpha value is -3.29. The molecule has 5 rings (SSSR count). The summed E-state index contributed by atoms with van der Waals surface area (Å²) in [5, 5.41) is 11.8. The second-order valence-corrected chi connectivity index (χ2v) is 10.00. The van der Waals surface area contributed by atoms with Crippen molar-refractivity contribution in [1.82, 2.24) is 15.2 Å². The van der Waals surface area contributed by atoms with E-state index in [0.29, 0.717) is 12.3 Å². The quantitative estimate of drug-likeness (QED) is 0.415. The smallest absolute Gasteiger partial charge is 0.277 e. The van der Waals surface area contributed by atoms with Gasteiger partial charge in [-0.25, -0.2) is 0 Å². The van der Waals surface area contributed by atoms with Crippen molar-refractivity contribution in [3.05, 3.63) is 87.6 Å². The zero-order valence-corrected chi connectivity index (χ0v) is 19.9. The van der Waals surface area contributed by atoms with Gasteiger partial charge in [0.2, 0.25) is 0 Å². The Kier molecular flexibility index (Phi) is 5.38. The monoisotopic (exact) mass is 458 g/mol. The molecular formula is C26H26N4O2S. The summed E-state index contributed by atoms with van der Waals surface area (Å²) in [6.07, 6.45) is 1.76. The van der Waals surface area contributed by atoms with E-state index in [1.807, 2.05) is 29.2 Å². The summed E-state index contributed by atoms with van der Waals surface area (Å²) in [6.45, 7) is 6.71. The summed E-state index contributed by atoms with van der Waals surface area (Å²) in [7, 11) is 1.66. The van der Waals surface area contributed by atoms with Crippen LogP contribution in [-0.2, 0) is 16.8 Å². The van der Waals surface area contributed by atoms with Crippen LogP contribution in [0.5, 0.6) is 0 Å². The maximum Gasteiger partial charge on any atom is 0.277 e. The van der Waals surface area contributed by atoms with Crippen LogP contribution in [-0.4, -0.2) is 28.2 Å². The van der Waals surface area contributed by atoms with Gasteiger partial charge in [0.1, 0.15) is 5.69 Å². The van der Waals surface area contributed by atoms with Crippen LogP contribution in [0.2, 0.25) is 0 Å². The number of methoxy groups -OCH3 is 1. The highest BCUT2D eigenvalue weighted by atomic mass is 32.1. The van der Waals surface area contributed by atoms with Crippen LogP contribution in [0.4, 0.5) is 5.69 Å². The molecule has 6 nitrogen and oxygen atoms in total. The number of amides is 1. The molecule has 0 saturated heterocycles. The topological polar surface area (TPSA) is 71.1 Å². The Morgan fingerprint density at radius 1 is 1.12 bits per heavy atom. The Labute approximate surface area is 197 Å². The number of thiophene rings is 1. The van der Waals surface area contributed by atoms with E-state index in [1.54, 1.807) is 24.6 Å². The highest BCUT2D eigenvalue weighted by Gasteiger charge is 2.45. The number of aromatic amines is 1. The zero-order chi connectivity index (χ0) is 23.2. The van der Waals surface area contributed by atoms with Gasteiger partial charge in [0.15, 0.2) is 0 Å². The summed E-state index contributed by atoms with van der Waals surface area (Å²) in [5.41, 5.74) is 7.01. The highest BCUT2D eigenvalue weighted by molar-refractivity contribution is 7.08. The Morgan fingerprint density at radius 2 is 1.91 bits per heavy atom. The summed E-state index contributed by atoms with van der Waals surface area (Å²) in [5.74, 6) is -0.0893. The fourth-order valence-corrected chi connectivity index (χ4v) is 5.14. The van der Waals surface area contributed by atoms with Crippen molar-refractivity contribution in [1.29, 1.82) is 0 Å². The molecule has 1 unspecified atom stereocenters. The number of carbonyl (C=O) groups is 1. The van der Waals surface area contributed by atoms with Crippen molar-refractivity contribution >= 4 is 22.9 Å². The number of nitrogens with one attached hydrogen (secondary N) is 1. The molecule has 4 heterocycles. The van der Waals surface area contributed by atoms with Crippen molar-refractivity contribution in [2.45, 2.75) is 38.8 Å². The van der Waals surface area contributed by atoms with E-state index >= 15 is 0 Å². The van der Waals surface area contributed by atoms with E-state index in [0.717, 1.165) is 33.8 Å². The third-order valence-electron chi connectivity index (χ3n) is 5.98. The van der Waals surface area contributed by atoms with Crippen LogP contribution in [0.1, 0.15) is 59.8 Å². The fourth-order valence-electron chi connectivity index (χ4n) is 4.48. The minimum absolute atomic E-state index is 0.0893. The third-order valence-corrected chi connectivity index (χ3v) is 6.66. The molecule has 1 atom stereocenters. The van der Waals surface area contributed by atoms with Crippen LogP contribution >= 0.6 is 11.3 Å². The van der Waals surface area contributed by atoms with Gasteiger partial charge in [0, 0.05) is 35.5 Å². The number of carbonyl (C=O) groups excluding carboxylic acids is 1. The SMILES string of the molecule is COCc1ncccc1C1c2c(C(C)(C)C)n[nH]c2C(=O)N1c1ccc(-c2ccsc2)cc1. The summed E-state index contributed by atoms with van der Waals surface area (Å²) in [4.78, 5) is 20.1. The number of pyridine rings is 1. The lowest BCUT2D eigenvalue weighted by molar-refractivity contribution is 0.0988. The van der Waals surface area contributed by atoms with E-state index in [4.69, 9.17) is 4.74 Å². The lowest BCUT2D eigenvalue weighted by atomic mass is 9.85. The number of hydrogen-bond acceptors (Lipinski definition) is 5. The van der Waals surface area contributed by atoms with Crippen molar-refractivity contribution in [3.8, 4) is 11.1 Å². The standard InChI is InChI=1S/C26H26N4O2S/c1-26(2,3)24-21-22(28-29-24)25(31)30(23(21)19-6-5-12-27-20(19)14-32-4)18-9-7-16(8-10-18)17-11-13-33-15-17/h5-13,15,23H,14H2,1-4H3,(H,28,29). The molecule has 1 aromatic carbocycles. The summed E-state index contributed by atoms with van der Waals surface area (Å²) >= 11 is 1.67. The van der Waals surface area contributed by atoms with E-state index in [1.165, 1.54) is 5.56 Å². The minimum Gasteiger partial charge on any atom is -0.378 e. The second kappa shape index (κ2) is 8.24. The van der Waals surface area contributed by atoms with Gasteiger partial charge in [-0.3, -0.25) is 19.8 Å². The van der Waals surface area contributed by atoms with E-state index in [9.17, 15) is 4.79 Å². The lowest BCUT2D eigenvalue weighted by Gasteiger charge is -2.29. The number of nitrogens with zero attached hydrogens (tertiary/aromatic N) is 3. The number of hydrogen-bond donors (Lipinski definition) is 1. The van der Waals surface area contributed by atoms with Gasteiger partial charge in [0.05, 0.1) is 24.0 Å². The molecule has 0 spiro atoms. The molecule has 4 aromatic rings. The lowest BCUT2D eigenvalue weighted by Crippen LogP contribution is -2.31. The molecule has 1 N–H and O–H groups in total. The normalized spacial score (nSPS) is 15.8. The number of fused-ring (bicyclic) bond motifs is 1. The number of ether oxygens (including phenoxy) is 1. The molecule has 3 aromatic heterocycles. The van der Waals surface area contributed by atoms with E-state index < -0.39 is 0 Å². The summed E-state index contributed by atoms with van der Waals surface area (Å²) < 4.78 is 5.43. The molecule has 0 radical (unpaired) electrons. The van der Waals surface area contributed by atoms with Crippen molar-refractivity contribution in [3.63, 3.8) is 0 Å². The first-order valence-corrected chi connectivity index (χ1v) is 11.8. The predicted octanol–water partition coefficient (Wildman–Crippen LogP) is 5.73. The van der Waals surface area contributed by atoms with Gasteiger partial charge in [0.25, 0.3) is 5.91 Å². The van der Waals surface area contributed by atoms with E-state index in [2.05, 4.69) is 64.9 Å². The fraction of sp³-hybridized carbons (Fsp3) is 0.269. The molecule has 1 aliphatic rings. The summed E-state index contributed by atoms with van der Waals surface area (Å²) in [6, 6.07) is 13.9. The molecule has 1 amide bonds. The first kappa shape index (κ1) is 21.6. The van der Waals surface area contributed by atoms with Crippen LogP contribution in [0.3, 0.4) is 0 Å². The first-order valence-electron chi connectivity index (χ1n) is 10.9. The predicted molar refractivity (Wildman–Crippen MR) is 131 cm³/mol. The van der Waals surface area contributed by atoms with Crippen molar-refractivity contribution in [2.24, 2.45) is 0 Å². The maximum absolute atomic E-state index is 13.7. The number of benzene rings is 1. The van der Waals surface area contributed by atoms with Gasteiger partial charge >= 0.3 is 0 Å². The molecule has 168 valence electrons. The Balaban J connectivity index is 1.67. The zero-order valence-electron chi connectivity index (χ0n) is 19.1. The van der Waals surface area contributed by atoms with Gasteiger partial charge < -0.3 is 4.74 Å². The Bertz CT molecular complexity index is 1290. The number of anilines is 1. The van der Waals surface area contributed by atoms with Gasteiger partial charge in [-0.15, -0.1) is 0 Å². The molecular weight excluding hydrogens is 432 g/mol. The van der Waals surface area contributed by atoms with Gasteiger partial charge in [-0.2, -0.15) is 16.4 Å². The Morgan fingerprint density at radius 3 is 2.58 bits per heavy atom. The van der Waals surface area contributed by atoms with Gasteiger partial charge in [-0.05, 0) is 46.2 Å². The number of H-pyrrole nitrogens is 1. The van der Waals surface area contributed by atoms with Crippen molar-refractivity contribution < 1.29 is 9.53 Å². The number of rotatable bonds is 5. The molecule has 0 fully saturated rings.